The molecule has 1 unspecified atom stereocenters. The van der Waals surface area contributed by atoms with Gasteiger partial charge in [-0.1, -0.05) is 43.7 Å². The number of anilines is 2. The predicted octanol–water partition coefficient (Wildman–Crippen LogP) is 3.16. The molecule has 2 N–H and O–H groups in total. The molecule has 0 fully saturated rings. The van der Waals surface area contributed by atoms with Crippen molar-refractivity contribution in [2.45, 2.75) is 38.9 Å². The third-order valence-electron chi connectivity index (χ3n) is 3.84. The van der Waals surface area contributed by atoms with E-state index >= 15 is 0 Å². The van der Waals surface area contributed by atoms with Crippen LogP contribution in [-0.2, 0) is 25.8 Å². The van der Waals surface area contributed by atoms with Crippen LogP contribution in [0.25, 0.3) is 0 Å². The highest BCUT2D eigenvalue weighted by atomic mass is 35.5. The van der Waals surface area contributed by atoms with Gasteiger partial charge in [0, 0.05) is 17.1 Å². The minimum atomic E-state index is -4.03. The molecule has 0 saturated carbocycles. The highest BCUT2D eigenvalue weighted by Crippen LogP contribution is 2.20. The lowest BCUT2D eigenvalue weighted by Crippen LogP contribution is -2.39. The van der Waals surface area contributed by atoms with E-state index in [1.54, 1.807) is 31.2 Å². The number of halogens is 1. The number of amides is 2. The van der Waals surface area contributed by atoms with Crippen LogP contribution in [0.3, 0.4) is 0 Å². The summed E-state index contributed by atoms with van der Waals surface area (Å²) in [7, 11) is -4.03. The summed E-state index contributed by atoms with van der Waals surface area (Å²) < 4.78 is 25.2. The van der Waals surface area contributed by atoms with Gasteiger partial charge in [-0.2, -0.15) is 0 Å². The maximum atomic E-state index is 12.6. The number of hydrogen-bond acceptors (Lipinski definition) is 7. The largest absolute Gasteiger partial charge is 0.325 e. The molecule has 1 aromatic carbocycles. The van der Waals surface area contributed by atoms with Crippen LogP contribution in [0.15, 0.2) is 24.3 Å². The zero-order chi connectivity index (χ0) is 21.6. The Morgan fingerprint density at radius 3 is 2.38 bits per heavy atom. The number of aromatic nitrogens is 2. The van der Waals surface area contributed by atoms with Gasteiger partial charge in [0.05, 0.1) is 0 Å². The molecule has 1 heterocycles. The SMILES string of the molecule is CCC(C(=O)Nc1nnc(CC(C)C)s1)S(=O)(=O)CC(=O)Nc1ccc(Cl)cc1. The molecule has 2 aromatic rings. The van der Waals surface area contributed by atoms with E-state index in [1.807, 2.05) is 13.8 Å². The first-order valence-electron chi connectivity index (χ1n) is 9.01. The molecule has 1 atom stereocenters. The van der Waals surface area contributed by atoms with E-state index in [2.05, 4.69) is 20.8 Å². The van der Waals surface area contributed by atoms with E-state index in [1.165, 1.54) is 11.3 Å². The number of carbonyl (C=O) groups is 2. The van der Waals surface area contributed by atoms with E-state index in [-0.39, 0.29) is 11.6 Å². The minimum Gasteiger partial charge on any atom is -0.325 e. The van der Waals surface area contributed by atoms with Gasteiger partial charge in [-0.05, 0) is 36.6 Å². The summed E-state index contributed by atoms with van der Waals surface area (Å²) in [6, 6.07) is 6.26. The summed E-state index contributed by atoms with van der Waals surface area (Å²) in [4.78, 5) is 24.6. The van der Waals surface area contributed by atoms with Crippen LogP contribution in [0.2, 0.25) is 5.02 Å². The van der Waals surface area contributed by atoms with E-state index in [9.17, 15) is 18.0 Å². The summed E-state index contributed by atoms with van der Waals surface area (Å²) in [5.41, 5.74) is 0.415. The van der Waals surface area contributed by atoms with Crippen LogP contribution in [-0.4, -0.2) is 41.4 Å². The van der Waals surface area contributed by atoms with Crippen molar-refractivity contribution in [1.82, 2.24) is 10.2 Å². The first-order chi connectivity index (χ1) is 13.6. The summed E-state index contributed by atoms with van der Waals surface area (Å²) in [5.74, 6) is -1.88. The van der Waals surface area contributed by atoms with Crippen LogP contribution in [0.4, 0.5) is 10.8 Å². The third kappa shape index (κ3) is 7.06. The van der Waals surface area contributed by atoms with E-state index < -0.39 is 32.7 Å². The fourth-order valence-corrected chi connectivity index (χ4v) is 5.15. The average molecular weight is 459 g/mol. The molecule has 0 aliphatic rings. The second-order valence-corrected chi connectivity index (χ2v) is 10.5. The molecule has 0 aliphatic carbocycles. The Kier molecular flexibility index (Phi) is 8.12. The van der Waals surface area contributed by atoms with Crippen molar-refractivity contribution >= 4 is 55.4 Å². The molecule has 0 bridgehead atoms. The minimum absolute atomic E-state index is 0.0278. The van der Waals surface area contributed by atoms with Crippen LogP contribution in [0.1, 0.15) is 32.2 Å². The van der Waals surface area contributed by atoms with Gasteiger partial charge < -0.3 is 5.32 Å². The lowest BCUT2D eigenvalue weighted by atomic mass is 10.1. The molecule has 1 aromatic heterocycles. The summed E-state index contributed by atoms with van der Waals surface area (Å²) in [6.45, 7) is 5.64. The normalized spacial score (nSPS) is 12.6. The monoisotopic (exact) mass is 458 g/mol. The van der Waals surface area contributed by atoms with Gasteiger partial charge in [-0.3, -0.25) is 14.9 Å². The number of nitrogens with zero attached hydrogens (tertiary/aromatic N) is 2. The molecule has 0 radical (unpaired) electrons. The zero-order valence-electron chi connectivity index (χ0n) is 16.3. The molecule has 0 saturated heterocycles. The summed E-state index contributed by atoms with van der Waals surface area (Å²) in [6.07, 6.45) is 0.744. The van der Waals surface area contributed by atoms with Gasteiger partial charge in [0.15, 0.2) is 9.84 Å². The van der Waals surface area contributed by atoms with Crippen molar-refractivity contribution in [3.63, 3.8) is 0 Å². The Morgan fingerprint density at radius 2 is 1.79 bits per heavy atom. The number of carbonyl (C=O) groups excluding carboxylic acids is 2. The number of benzene rings is 1. The second-order valence-electron chi connectivity index (χ2n) is 6.85. The van der Waals surface area contributed by atoms with Gasteiger partial charge in [0.2, 0.25) is 16.9 Å². The fourth-order valence-electron chi connectivity index (χ4n) is 2.54. The van der Waals surface area contributed by atoms with Crippen molar-refractivity contribution in [3.8, 4) is 0 Å². The molecule has 0 aliphatic heterocycles. The lowest BCUT2D eigenvalue weighted by Gasteiger charge is -2.14. The number of sulfone groups is 1. The van der Waals surface area contributed by atoms with Crippen LogP contribution >= 0.6 is 22.9 Å². The standard InChI is InChI=1S/C18H23ClN4O4S2/c1-4-14(17(25)21-18-23-22-16(28-18)9-11(2)3)29(26,27)10-15(24)20-13-7-5-12(19)6-8-13/h5-8,11,14H,4,9-10H2,1-3H3,(H,20,24)(H,21,23,25). The molecule has 2 rings (SSSR count). The van der Waals surface area contributed by atoms with E-state index in [0.717, 1.165) is 5.01 Å². The molecule has 29 heavy (non-hydrogen) atoms. The summed E-state index contributed by atoms with van der Waals surface area (Å²) in [5, 5.41) is 13.0. The van der Waals surface area contributed by atoms with Crippen LogP contribution in [0.5, 0.6) is 0 Å². The molecule has 158 valence electrons. The Hall–Kier alpha value is -2.04. The molecule has 11 heteroatoms. The number of nitrogens with one attached hydrogen (secondary N) is 2. The molecule has 8 nitrogen and oxygen atoms in total. The Labute approximate surface area is 179 Å². The topological polar surface area (TPSA) is 118 Å². The van der Waals surface area contributed by atoms with Gasteiger partial charge in [0.25, 0.3) is 0 Å². The van der Waals surface area contributed by atoms with Crippen molar-refractivity contribution in [1.29, 1.82) is 0 Å². The quantitative estimate of drug-likeness (QED) is 0.595. The maximum absolute atomic E-state index is 12.6. The van der Waals surface area contributed by atoms with Gasteiger partial charge >= 0.3 is 0 Å². The van der Waals surface area contributed by atoms with Crippen LogP contribution < -0.4 is 10.6 Å². The smallest absolute Gasteiger partial charge is 0.244 e. The first-order valence-corrected chi connectivity index (χ1v) is 11.9. The van der Waals surface area contributed by atoms with E-state index in [4.69, 9.17) is 11.6 Å². The van der Waals surface area contributed by atoms with Crippen LogP contribution in [0, 0.1) is 5.92 Å². The molecule has 0 spiro atoms. The Bertz CT molecular complexity index is 958. The van der Waals surface area contributed by atoms with Crippen molar-refractivity contribution in [3.05, 3.63) is 34.3 Å². The second kappa shape index (κ2) is 10.1. The Morgan fingerprint density at radius 1 is 1.14 bits per heavy atom. The van der Waals surface area contributed by atoms with Gasteiger partial charge in [-0.15, -0.1) is 10.2 Å². The zero-order valence-corrected chi connectivity index (χ0v) is 18.7. The van der Waals surface area contributed by atoms with Gasteiger partial charge in [-0.25, -0.2) is 8.42 Å². The molecular weight excluding hydrogens is 436 g/mol. The van der Waals surface area contributed by atoms with Crippen molar-refractivity contribution in [2.24, 2.45) is 5.92 Å². The maximum Gasteiger partial charge on any atom is 0.244 e. The highest BCUT2D eigenvalue weighted by molar-refractivity contribution is 7.93. The first kappa shape index (κ1) is 23.2. The molecule has 2 amide bonds. The van der Waals surface area contributed by atoms with Crippen molar-refractivity contribution in [2.75, 3.05) is 16.4 Å². The molecular formula is C18H23ClN4O4S2. The fraction of sp³-hybridized carbons (Fsp3) is 0.444. The highest BCUT2D eigenvalue weighted by Gasteiger charge is 2.33. The van der Waals surface area contributed by atoms with Gasteiger partial charge in [0.1, 0.15) is 16.0 Å². The van der Waals surface area contributed by atoms with Crippen molar-refractivity contribution < 1.29 is 18.0 Å². The number of rotatable bonds is 9. The average Bonchev–Trinajstić information content (AvgIpc) is 3.02. The summed E-state index contributed by atoms with van der Waals surface area (Å²) >= 11 is 6.99. The van der Waals surface area contributed by atoms with E-state index in [0.29, 0.717) is 23.0 Å². The third-order valence-corrected chi connectivity index (χ3v) is 7.03. The number of hydrogen-bond donors (Lipinski definition) is 2. The lowest BCUT2D eigenvalue weighted by molar-refractivity contribution is -0.115. The Balaban J connectivity index is 2.02. The predicted molar refractivity (Wildman–Crippen MR) is 115 cm³/mol.